The Kier molecular flexibility index (Phi) is 5.09. The minimum atomic E-state index is -0.755. The number of hydrogen-bond acceptors (Lipinski definition) is 6. The monoisotopic (exact) mass is 455 g/mol. The van der Waals surface area contributed by atoms with E-state index in [1.54, 1.807) is 30.9 Å². The number of allylic oxidation sites excluding steroid dienone is 1. The second-order valence-electron chi connectivity index (χ2n) is 7.50. The van der Waals surface area contributed by atoms with Gasteiger partial charge in [0.25, 0.3) is 5.91 Å². The molecule has 164 valence electrons. The number of nitrogen functional groups attached to an aromatic ring is 1. The number of fused-ring (bicyclic) bond motifs is 3. The van der Waals surface area contributed by atoms with E-state index in [-0.39, 0.29) is 28.7 Å². The van der Waals surface area contributed by atoms with Crippen molar-refractivity contribution in [2.45, 2.75) is 11.7 Å². The third-order valence-corrected chi connectivity index (χ3v) is 6.94. The average molecular weight is 455 g/mol. The van der Waals surface area contributed by atoms with Crippen molar-refractivity contribution in [3.05, 3.63) is 71.1 Å². The summed E-state index contributed by atoms with van der Waals surface area (Å²) in [5.41, 5.74) is 7.41. The van der Waals surface area contributed by atoms with Gasteiger partial charge in [0.15, 0.2) is 11.6 Å². The lowest BCUT2D eigenvalue weighted by atomic mass is 9.95. The van der Waals surface area contributed by atoms with Crippen molar-refractivity contribution in [3.63, 3.8) is 0 Å². The molecule has 3 aromatic rings. The number of halogens is 2. The Morgan fingerprint density at radius 2 is 2.12 bits per heavy atom. The summed E-state index contributed by atoms with van der Waals surface area (Å²) in [4.78, 5) is 17.1. The van der Waals surface area contributed by atoms with Crippen LogP contribution in [0.3, 0.4) is 0 Å². The number of benzene rings is 2. The quantitative estimate of drug-likeness (QED) is 0.625. The van der Waals surface area contributed by atoms with Crippen molar-refractivity contribution in [3.8, 4) is 11.4 Å². The van der Waals surface area contributed by atoms with Crippen molar-refractivity contribution in [1.29, 1.82) is 0 Å². The number of rotatable bonds is 3. The highest BCUT2D eigenvalue weighted by atomic mass is 32.2. The zero-order chi connectivity index (χ0) is 22.4. The number of amides is 1. The number of anilines is 1. The summed E-state index contributed by atoms with van der Waals surface area (Å²) in [6.45, 7) is 0.497. The van der Waals surface area contributed by atoms with E-state index in [1.165, 1.54) is 10.7 Å². The average Bonchev–Trinajstić information content (AvgIpc) is 3.32. The van der Waals surface area contributed by atoms with Gasteiger partial charge in [-0.15, -0.1) is 16.9 Å². The summed E-state index contributed by atoms with van der Waals surface area (Å²) < 4.78 is 35.1. The first-order valence-electron chi connectivity index (χ1n) is 10.00. The van der Waals surface area contributed by atoms with Gasteiger partial charge in [-0.25, -0.2) is 13.5 Å². The molecular weight excluding hydrogens is 436 g/mol. The van der Waals surface area contributed by atoms with Crippen molar-refractivity contribution in [2.24, 2.45) is 5.92 Å². The van der Waals surface area contributed by atoms with Gasteiger partial charge in [-0.2, -0.15) is 4.98 Å². The van der Waals surface area contributed by atoms with Crippen LogP contribution in [0.1, 0.15) is 33.4 Å². The number of nitrogens with one attached hydrogen (secondary N) is 1. The highest BCUT2D eigenvalue weighted by Crippen LogP contribution is 2.55. The predicted molar refractivity (Wildman–Crippen MR) is 117 cm³/mol. The van der Waals surface area contributed by atoms with Gasteiger partial charge in [-0.3, -0.25) is 4.79 Å². The maximum Gasteiger partial charge on any atom is 0.251 e. The minimum absolute atomic E-state index is 0.00345. The zero-order valence-electron chi connectivity index (χ0n) is 17.0. The molecule has 2 aliphatic rings. The van der Waals surface area contributed by atoms with Crippen LogP contribution < -0.4 is 15.8 Å². The van der Waals surface area contributed by atoms with E-state index < -0.39 is 11.6 Å². The van der Waals surface area contributed by atoms with Gasteiger partial charge in [0.05, 0.1) is 6.61 Å². The standard InChI is InChI=1S/C22H19F2N5O2S/c1-26-21(30)12-2-4-14-17(8-12)31-7-6-11-9-18(32-19(11)14)20-27-22(25)28-29(20)16-5-3-13(23)10-15(16)24/h2-5,8-11,19H,6-7H2,1H3,(H2,25,28)(H,26,30). The van der Waals surface area contributed by atoms with Crippen LogP contribution in [-0.2, 0) is 0 Å². The molecule has 1 amide bonds. The van der Waals surface area contributed by atoms with Gasteiger partial charge in [0.1, 0.15) is 17.3 Å². The molecule has 5 rings (SSSR count). The van der Waals surface area contributed by atoms with Crippen LogP contribution in [-0.4, -0.2) is 34.3 Å². The zero-order valence-corrected chi connectivity index (χ0v) is 17.8. The highest BCUT2D eigenvalue weighted by Gasteiger charge is 2.36. The first-order valence-corrected chi connectivity index (χ1v) is 10.9. The van der Waals surface area contributed by atoms with Crippen molar-refractivity contribution < 1.29 is 18.3 Å². The molecule has 32 heavy (non-hydrogen) atoms. The number of ether oxygens (including phenoxy) is 1. The van der Waals surface area contributed by atoms with Gasteiger partial charge in [-0.1, -0.05) is 12.1 Å². The van der Waals surface area contributed by atoms with Crippen LogP contribution in [0.5, 0.6) is 5.75 Å². The minimum Gasteiger partial charge on any atom is -0.493 e. The van der Waals surface area contributed by atoms with Crippen LogP contribution in [0, 0.1) is 17.6 Å². The summed E-state index contributed by atoms with van der Waals surface area (Å²) in [7, 11) is 1.58. The molecule has 3 heterocycles. The number of carbonyl (C=O) groups excluding carboxylic acids is 1. The van der Waals surface area contributed by atoms with Gasteiger partial charge in [0.2, 0.25) is 5.95 Å². The molecule has 0 fully saturated rings. The Bertz CT molecular complexity index is 1260. The van der Waals surface area contributed by atoms with Crippen LogP contribution in [0.4, 0.5) is 14.7 Å². The van der Waals surface area contributed by atoms with Gasteiger partial charge in [0, 0.05) is 34.4 Å². The van der Waals surface area contributed by atoms with Crippen LogP contribution in [0.15, 0.2) is 42.5 Å². The fourth-order valence-electron chi connectivity index (χ4n) is 3.99. The molecule has 0 aliphatic carbocycles. The number of aromatic nitrogens is 3. The smallest absolute Gasteiger partial charge is 0.251 e. The number of nitrogens with two attached hydrogens (primary N) is 1. The van der Waals surface area contributed by atoms with E-state index in [0.717, 1.165) is 29.0 Å². The molecule has 7 nitrogen and oxygen atoms in total. The van der Waals surface area contributed by atoms with E-state index in [9.17, 15) is 13.6 Å². The Balaban J connectivity index is 1.51. The molecule has 2 aromatic carbocycles. The van der Waals surface area contributed by atoms with E-state index in [0.29, 0.717) is 23.7 Å². The number of nitrogens with zero attached hydrogens (tertiary/aromatic N) is 3. The molecule has 0 saturated heterocycles. The molecule has 10 heteroatoms. The van der Waals surface area contributed by atoms with Gasteiger partial charge < -0.3 is 15.8 Å². The molecule has 2 atom stereocenters. The van der Waals surface area contributed by atoms with Crippen LogP contribution in [0.25, 0.3) is 10.6 Å². The third kappa shape index (κ3) is 3.50. The van der Waals surface area contributed by atoms with Crippen LogP contribution in [0.2, 0.25) is 0 Å². The molecule has 2 aliphatic heterocycles. The largest absolute Gasteiger partial charge is 0.493 e. The molecule has 0 radical (unpaired) electrons. The highest BCUT2D eigenvalue weighted by molar-refractivity contribution is 8.08. The Morgan fingerprint density at radius 3 is 2.91 bits per heavy atom. The first kappa shape index (κ1) is 20.5. The lowest BCUT2D eigenvalue weighted by molar-refractivity contribution is 0.0962. The summed E-state index contributed by atoms with van der Waals surface area (Å²) in [6.07, 6.45) is 2.83. The number of thioether (sulfide) groups is 1. The number of hydrogen-bond donors (Lipinski definition) is 2. The summed E-state index contributed by atoms with van der Waals surface area (Å²) in [5, 5.41) is 6.78. The number of carbonyl (C=O) groups is 1. The second kappa shape index (κ2) is 7.94. The van der Waals surface area contributed by atoms with E-state index in [1.807, 2.05) is 6.07 Å². The lowest BCUT2D eigenvalue weighted by Gasteiger charge is -2.17. The lowest BCUT2D eigenvalue weighted by Crippen LogP contribution is -2.17. The van der Waals surface area contributed by atoms with Crippen LogP contribution >= 0.6 is 11.8 Å². The third-order valence-electron chi connectivity index (χ3n) is 5.51. The topological polar surface area (TPSA) is 95.1 Å². The fourth-order valence-corrected chi connectivity index (χ4v) is 5.47. The summed E-state index contributed by atoms with van der Waals surface area (Å²) in [5.74, 6) is -0.399. The van der Waals surface area contributed by atoms with Gasteiger partial charge in [-0.05, 0) is 36.6 Å². The molecule has 1 aromatic heterocycles. The first-order chi connectivity index (χ1) is 15.4. The Hall–Kier alpha value is -3.40. The summed E-state index contributed by atoms with van der Waals surface area (Å²) in [6, 6.07) is 8.71. The van der Waals surface area contributed by atoms with Crippen molar-refractivity contribution in [1.82, 2.24) is 20.1 Å². The predicted octanol–water partition coefficient (Wildman–Crippen LogP) is 3.72. The maximum absolute atomic E-state index is 14.4. The molecule has 2 unspecified atom stereocenters. The molecule has 0 bridgehead atoms. The normalized spacial score (nSPS) is 19.4. The Labute approximate surface area is 186 Å². The fraction of sp³-hybridized carbons (Fsp3) is 0.227. The van der Waals surface area contributed by atoms with E-state index >= 15 is 0 Å². The SMILES string of the molecule is CNC(=O)c1ccc2c(c1)OCCC1C=C(c3nc(N)nn3-c3ccc(F)cc3F)SC21. The summed E-state index contributed by atoms with van der Waals surface area (Å²) >= 11 is 1.56. The van der Waals surface area contributed by atoms with Crippen molar-refractivity contribution in [2.75, 3.05) is 19.4 Å². The van der Waals surface area contributed by atoms with Gasteiger partial charge >= 0.3 is 0 Å². The maximum atomic E-state index is 14.4. The molecular formula is C22H19F2N5O2S. The second-order valence-corrected chi connectivity index (χ2v) is 8.69. The molecule has 3 N–H and O–H groups in total. The van der Waals surface area contributed by atoms with Crippen molar-refractivity contribution >= 4 is 28.5 Å². The molecule has 0 saturated carbocycles. The Morgan fingerprint density at radius 1 is 1.28 bits per heavy atom. The molecule has 0 spiro atoms. The van der Waals surface area contributed by atoms with E-state index in [2.05, 4.69) is 21.5 Å². The van der Waals surface area contributed by atoms with E-state index in [4.69, 9.17) is 10.5 Å².